The lowest BCUT2D eigenvalue weighted by Gasteiger charge is -2.29. The SMILES string of the molecule is COC(=O)C(C)CN(C(=O)/C=C/c1ccc(Cl)cc1Cl)C1CCCC1. The number of hydrogen-bond acceptors (Lipinski definition) is 3. The molecule has 1 aliphatic carbocycles. The van der Waals surface area contributed by atoms with Gasteiger partial charge in [-0.2, -0.15) is 0 Å². The molecular formula is C19H23Cl2NO3. The fraction of sp³-hybridized carbons (Fsp3) is 0.474. The number of methoxy groups -OCH3 is 1. The summed E-state index contributed by atoms with van der Waals surface area (Å²) in [5.41, 5.74) is 0.729. The van der Waals surface area contributed by atoms with Crippen molar-refractivity contribution in [2.45, 2.75) is 38.6 Å². The summed E-state index contributed by atoms with van der Waals surface area (Å²) in [6, 6.07) is 5.31. The summed E-state index contributed by atoms with van der Waals surface area (Å²) in [5.74, 6) is -0.781. The molecule has 0 heterocycles. The maximum absolute atomic E-state index is 12.7. The van der Waals surface area contributed by atoms with E-state index in [1.165, 1.54) is 13.2 Å². The number of hydrogen-bond donors (Lipinski definition) is 0. The number of carbonyl (C=O) groups excluding carboxylic acids is 2. The van der Waals surface area contributed by atoms with Gasteiger partial charge in [0.05, 0.1) is 13.0 Å². The van der Waals surface area contributed by atoms with E-state index in [0.29, 0.717) is 16.6 Å². The predicted octanol–water partition coefficient (Wildman–Crippen LogP) is 4.59. The van der Waals surface area contributed by atoms with Crippen molar-refractivity contribution in [2.24, 2.45) is 5.92 Å². The van der Waals surface area contributed by atoms with E-state index >= 15 is 0 Å². The molecule has 2 rings (SSSR count). The predicted molar refractivity (Wildman–Crippen MR) is 101 cm³/mol. The lowest BCUT2D eigenvalue weighted by Crippen LogP contribution is -2.42. The Bertz CT molecular complexity index is 654. The average molecular weight is 384 g/mol. The molecule has 25 heavy (non-hydrogen) atoms. The summed E-state index contributed by atoms with van der Waals surface area (Å²) in [7, 11) is 1.36. The molecule has 1 aromatic rings. The van der Waals surface area contributed by atoms with Gasteiger partial charge in [0, 0.05) is 28.7 Å². The van der Waals surface area contributed by atoms with E-state index in [0.717, 1.165) is 31.2 Å². The highest BCUT2D eigenvalue weighted by Gasteiger charge is 2.28. The number of halogens is 2. The van der Waals surface area contributed by atoms with Crippen molar-refractivity contribution >= 4 is 41.2 Å². The minimum Gasteiger partial charge on any atom is -0.469 e. The van der Waals surface area contributed by atoms with E-state index < -0.39 is 0 Å². The zero-order chi connectivity index (χ0) is 18.4. The van der Waals surface area contributed by atoms with Crippen molar-refractivity contribution in [1.82, 2.24) is 4.90 Å². The van der Waals surface area contributed by atoms with Crippen LogP contribution in [-0.4, -0.2) is 36.5 Å². The maximum atomic E-state index is 12.7. The molecule has 4 nitrogen and oxygen atoms in total. The van der Waals surface area contributed by atoms with Gasteiger partial charge in [-0.05, 0) is 36.6 Å². The number of esters is 1. The van der Waals surface area contributed by atoms with Crippen LogP contribution < -0.4 is 0 Å². The fourth-order valence-electron chi connectivity index (χ4n) is 3.10. The van der Waals surface area contributed by atoms with Crippen molar-refractivity contribution in [3.8, 4) is 0 Å². The highest BCUT2D eigenvalue weighted by Crippen LogP contribution is 2.26. The second kappa shape index (κ2) is 9.25. The van der Waals surface area contributed by atoms with Crippen molar-refractivity contribution in [1.29, 1.82) is 0 Å². The molecule has 0 aromatic heterocycles. The van der Waals surface area contributed by atoms with Gasteiger partial charge in [0.2, 0.25) is 5.91 Å². The van der Waals surface area contributed by atoms with Crippen LogP contribution >= 0.6 is 23.2 Å². The van der Waals surface area contributed by atoms with Crippen LogP contribution in [0.4, 0.5) is 0 Å². The zero-order valence-corrected chi connectivity index (χ0v) is 16.0. The van der Waals surface area contributed by atoms with Crippen LogP contribution in [0.25, 0.3) is 6.08 Å². The number of carbonyl (C=O) groups is 2. The molecule has 136 valence electrons. The third-order valence-electron chi connectivity index (χ3n) is 4.49. The van der Waals surface area contributed by atoms with Crippen molar-refractivity contribution in [3.05, 3.63) is 39.9 Å². The topological polar surface area (TPSA) is 46.6 Å². The first-order chi connectivity index (χ1) is 11.9. The molecule has 1 aromatic carbocycles. The van der Waals surface area contributed by atoms with E-state index in [4.69, 9.17) is 27.9 Å². The van der Waals surface area contributed by atoms with Crippen LogP contribution in [0.1, 0.15) is 38.2 Å². The minimum absolute atomic E-state index is 0.117. The number of ether oxygens (including phenoxy) is 1. The van der Waals surface area contributed by atoms with Crippen LogP contribution in [0.3, 0.4) is 0 Å². The smallest absolute Gasteiger partial charge is 0.310 e. The molecule has 0 spiro atoms. The molecule has 0 bridgehead atoms. The van der Waals surface area contributed by atoms with E-state index in [9.17, 15) is 9.59 Å². The van der Waals surface area contributed by atoms with Gasteiger partial charge >= 0.3 is 5.97 Å². The summed E-state index contributed by atoms with van der Waals surface area (Å²) in [4.78, 5) is 26.3. The van der Waals surface area contributed by atoms with E-state index in [-0.39, 0.29) is 23.8 Å². The number of rotatable bonds is 6. The fourth-order valence-corrected chi connectivity index (χ4v) is 3.57. The Morgan fingerprint density at radius 3 is 2.60 bits per heavy atom. The number of nitrogens with zero attached hydrogens (tertiary/aromatic N) is 1. The summed E-state index contributed by atoms with van der Waals surface area (Å²) < 4.78 is 4.79. The Morgan fingerprint density at radius 1 is 1.32 bits per heavy atom. The Morgan fingerprint density at radius 2 is 2.00 bits per heavy atom. The van der Waals surface area contributed by atoms with E-state index in [2.05, 4.69) is 0 Å². The van der Waals surface area contributed by atoms with E-state index in [1.54, 1.807) is 36.1 Å². The van der Waals surface area contributed by atoms with Crippen molar-refractivity contribution in [2.75, 3.05) is 13.7 Å². The van der Waals surface area contributed by atoms with Gasteiger partial charge in [0.25, 0.3) is 0 Å². The summed E-state index contributed by atoms with van der Waals surface area (Å²) >= 11 is 12.0. The molecular weight excluding hydrogens is 361 g/mol. The summed E-state index contributed by atoms with van der Waals surface area (Å²) in [5, 5.41) is 1.04. The van der Waals surface area contributed by atoms with Gasteiger partial charge in [0.15, 0.2) is 0 Å². The largest absolute Gasteiger partial charge is 0.469 e. The molecule has 0 radical (unpaired) electrons. The molecule has 1 saturated carbocycles. The van der Waals surface area contributed by atoms with Gasteiger partial charge < -0.3 is 9.64 Å². The molecule has 1 unspecified atom stereocenters. The first-order valence-electron chi connectivity index (χ1n) is 8.44. The highest BCUT2D eigenvalue weighted by atomic mass is 35.5. The molecule has 6 heteroatoms. The van der Waals surface area contributed by atoms with Crippen LogP contribution in [-0.2, 0) is 14.3 Å². The standard InChI is InChI=1S/C19H23Cl2NO3/c1-13(19(24)25-2)12-22(16-5-3-4-6-16)18(23)10-8-14-7-9-15(20)11-17(14)21/h7-11,13,16H,3-6,12H2,1-2H3/b10-8+. The molecule has 0 N–H and O–H groups in total. The maximum Gasteiger partial charge on any atom is 0.310 e. The van der Waals surface area contributed by atoms with Gasteiger partial charge in [-0.15, -0.1) is 0 Å². The number of amides is 1. The molecule has 1 atom stereocenters. The number of benzene rings is 1. The average Bonchev–Trinajstić information content (AvgIpc) is 3.11. The summed E-state index contributed by atoms with van der Waals surface area (Å²) in [6.45, 7) is 2.13. The molecule has 1 fully saturated rings. The van der Waals surface area contributed by atoms with Gasteiger partial charge in [-0.1, -0.05) is 49.0 Å². The lowest BCUT2D eigenvalue weighted by molar-refractivity contribution is -0.146. The Balaban J connectivity index is 2.13. The Labute approximate surface area is 158 Å². The minimum atomic E-state index is -0.359. The normalized spacial score (nSPS) is 16.2. The Kier molecular flexibility index (Phi) is 7.33. The Hall–Kier alpha value is -1.52. The summed E-state index contributed by atoms with van der Waals surface area (Å²) in [6.07, 6.45) is 7.34. The molecule has 1 amide bonds. The highest BCUT2D eigenvalue weighted by molar-refractivity contribution is 6.35. The third-order valence-corrected chi connectivity index (χ3v) is 5.05. The van der Waals surface area contributed by atoms with Gasteiger partial charge in [0.1, 0.15) is 0 Å². The lowest BCUT2D eigenvalue weighted by atomic mass is 10.1. The second-order valence-electron chi connectivity index (χ2n) is 6.35. The van der Waals surface area contributed by atoms with Crippen LogP contribution in [0.2, 0.25) is 10.0 Å². The quantitative estimate of drug-likeness (QED) is 0.533. The monoisotopic (exact) mass is 383 g/mol. The third kappa shape index (κ3) is 5.48. The molecule has 0 aliphatic heterocycles. The van der Waals surface area contributed by atoms with Crippen molar-refractivity contribution in [3.63, 3.8) is 0 Å². The first-order valence-corrected chi connectivity index (χ1v) is 9.19. The van der Waals surface area contributed by atoms with Crippen molar-refractivity contribution < 1.29 is 14.3 Å². The van der Waals surface area contributed by atoms with Gasteiger partial charge in [-0.3, -0.25) is 9.59 Å². The van der Waals surface area contributed by atoms with Gasteiger partial charge in [-0.25, -0.2) is 0 Å². The molecule has 0 saturated heterocycles. The first kappa shape index (κ1) is 19.8. The van der Waals surface area contributed by atoms with Crippen LogP contribution in [0, 0.1) is 5.92 Å². The molecule has 1 aliphatic rings. The van der Waals surface area contributed by atoms with Crippen LogP contribution in [0.15, 0.2) is 24.3 Å². The van der Waals surface area contributed by atoms with Crippen LogP contribution in [0.5, 0.6) is 0 Å². The second-order valence-corrected chi connectivity index (χ2v) is 7.20. The van der Waals surface area contributed by atoms with E-state index in [1.807, 2.05) is 0 Å². The zero-order valence-electron chi connectivity index (χ0n) is 14.5.